The van der Waals surface area contributed by atoms with Gasteiger partial charge in [0, 0.05) is 0 Å². The highest BCUT2D eigenvalue weighted by Crippen LogP contribution is 2.36. The molecule has 5 rings (SSSR count). The summed E-state index contributed by atoms with van der Waals surface area (Å²) in [5.41, 5.74) is 1.35. The van der Waals surface area contributed by atoms with Crippen LogP contribution in [0.5, 0.6) is 0 Å². The summed E-state index contributed by atoms with van der Waals surface area (Å²) in [4.78, 5) is 0. The number of hydrogen-bond donors (Lipinski definition) is 0. The lowest BCUT2D eigenvalue weighted by molar-refractivity contribution is 1.57. The summed E-state index contributed by atoms with van der Waals surface area (Å²) < 4.78 is 0. The summed E-state index contributed by atoms with van der Waals surface area (Å²) in [6.45, 7) is 2.23. The smallest absolute Gasteiger partial charge is 0.00694 e. The second-order valence-corrected chi connectivity index (χ2v) is 6.28. The van der Waals surface area contributed by atoms with Crippen molar-refractivity contribution in [2.24, 2.45) is 0 Å². The number of hydrogen-bond acceptors (Lipinski definition) is 0. The van der Waals surface area contributed by atoms with Gasteiger partial charge in [-0.25, -0.2) is 0 Å². The first-order valence-electron chi connectivity index (χ1n) is 8.05. The van der Waals surface area contributed by atoms with E-state index in [1.807, 2.05) is 0 Å². The quantitative estimate of drug-likeness (QED) is 0.282. The highest BCUT2D eigenvalue weighted by molar-refractivity contribution is 6.23. The Morgan fingerprint density at radius 2 is 1.04 bits per heavy atom. The van der Waals surface area contributed by atoms with Gasteiger partial charge in [-0.15, -0.1) is 0 Å². The van der Waals surface area contributed by atoms with Crippen molar-refractivity contribution in [1.29, 1.82) is 0 Å². The second kappa shape index (κ2) is 4.57. The van der Waals surface area contributed by atoms with Crippen molar-refractivity contribution >= 4 is 43.1 Å². The lowest BCUT2D eigenvalue weighted by Gasteiger charge is -2.12. The Balaban J connectivity index is 2.08. The van der Waals surface area contributed by atoms with Crippen LogP contribution in [0, 0.1) is 6.92 Å². The summed E-state index contributed by atoms with van der Waals surface area (Å²) in [6, 6.07) is 28.7. The van der Waals surface area contributed by atoms with Crippen molar-refractivity contribution in [1.82, 2.24) is 0 Å². The molecule has 0 bridgehead atoms. The van der Waals surface area contributed by atoms with E-state index < -0.39 is 0 Å². The zero-order chi connectivity index (χ0) is 15.4. The van der Waals surface area contributed by atoms with Crippen LogP contribution in [0.4, 0.5) is 0 Å². The molecule has 0 fully saturated rings. The van der Waals surface area contributed by atoms with E-state index in [2.05, 4.69) is 85.8 Å². The van der Waals surface area contributed by atoms with Crippen LogP contribution >= 0.6 is 0 Å². The molecule has 0 nitrogen and oxygen atoms in total. The summed E-state index contributed by atoms with van der Waals surface area (Å²) in [7, 11) is 0. The van der Waals surface area contributed by atoms with Crippen molar-refractivity contribution in [3.8, 4) is 0 Å². The van der Waals surface area contributed by atoms with Crippen LogP contribution in [0.15, 0.2) is 78.9 Å². The van der Waals surface area contributed by atoms with E-state index in [-0.39, 0.29) is 0 Å². The molecular formula is C23H16. The molecular weight excluding hydrogens is 276 g/mol. The normalized spacial score (nSPS) is 11.7. The molecule has 0 aliphatic heterocycles. The molecule has 0 aliphatic carbocycles. The van der Waals surface area contributed by atoms with Gasteiger partial charge in [-0.2, -0.15) is 0 Å². The van der Waals surface area contributed by atoms with Gasteiger partial charge < -0.3 is 0 Å². The lowest BCUT2D eigenvalue weighted by atomic mass is 9.92. The van der Waals surface area contributed by atoms with E-state index >= 15 is 0 Å². The Morgan fingerprint density at radius 3 is 1.87 bits per heavy atom. The van der Waals surface area contributed by atoms with Crippen molar-refractivity contribution < 1.29 is 0 Å². The van der Waals surface area contributed by atoms with E-state index in [1.54, 1.807) is 0 Å². The van der Waals surface area contributed by atoms with Crippen molar-refractivity contribution in [2.45, 2.75) is 6.92 Å². The maximum atomic E-state index is 2.31. The number of fused-ring (bicyclic) bond motifs is 7. The van der Waals surface area contributed by atoms with Gasteiger partial charge in [-0.05, 0) is 55.6 Å². The van der Waals surface area contributed by atoms with Crippen molar-refractivity contribution in [2.75, 3.05) is 0 Å². The Kier molecular flexibility index (Phi) is 2.51. The molecule has 0 amide bonds. The zero-order valence-electron chi connectivity index (χ0n) is 13.0. The highest BCUT2D eigenvalue weighted by atomic mass is 14.1. The van der Waals surface area contributed by atoms with Gasteiger partial charge >= 0.3 is 0 Å². The van der Waals surface area contributed by atoms with Gasteiger partial charge in [0.1, 0.15) is 0 Å². The molecule has 0 heteroatoms. The Hall–Kier alpha value is -2.86. The number of rotatable bonds is 0. The molecule has 0 atom stereocenters. The third-order valence-electron chi connectivity index (χ3n) is 4.94. The molecule has 0 saturated heterocycles. The van der Waals surface area contributed by atoms with Crippen LogP contribution in [0.1, 0.15) is 5.56 Å². The van der Waals surface area contributed by atoms with E-state index in [0.717, 1.165) is 0 Å². The van der Waals surface area contributed by atoms with E-state index in [9.17, 15) is 0 Å². The summed E-state index contributed by atoms with van der Waals surface area (Å²) in [5, 5.41) is 10.7. The first-order valence-corrected chi connectivity index (χ1v) is 8.05. The molecule has 5 aromatic rings. The molecule has 0 heterocycles. The van der Waals surface area contributed by atoms with E-state index in [0.29, 0.717) is 0 Å². The monoisotopic (exact) mass is 292 g/mol. The SMILES string of the molecule is Cc1cc2ccccc2c2ccc3c4ccccc4ccc3c12. The highest BCUT2D eigenvalue weighted by Gasteiger charge is 2.09. The minimum atomic E-state index is 1.30. The van der Waals surface area contributed by atoms with Crippen LogP contribution in [0.25, 0.3) is 43.1 Å². The first kappa shape index (κ1) is 12.7. The number of aryl methyl sites for hydroxylation is 1. The maximum absolute atomic E-state index is 2.31. The molecule has 0 N–H and O–H groups in total. The summed E-state index contributed by atoms with van der Waals surface area (Å²) in [5.74, 6) is 0. The largest absolute Gasteiger partial charge is 0.0616 e. The van der Waals surface area contributed by atoms with Crippen LogP contribution in [0.3, 0.4) is 0 Å². The molecule has 108 valence electrons. The van der Waals surface area contributed by atoms with E-state index in [1.165, 1.54) is 48.7 Å². The van der Waals surface area contributed by atoms with Gasteiger partial charge in [0.25, 0.3) is 0 Å². The predicted octanol–water partition coefficient (Wildman–Crippen LogP) is 6.61. The van der Waals surface area contributed by atoms with Gasteiger partial charge in [0.05, 0.1) is 0 Å². The molecule has 23 heavy (non-hydrogen) atoms. The molecule has 0 spiro atoms. The second-order valence-electron chi connectivity index (χ2n) is 6.28. The molecule has 0 radical (unpaired) electrons. The van der Waals surface area contributed by atoms with E-state index in [4.69, 9.17) is 0 Å². The zero-order valence-corrected chi connectivity index (χ0v) is 13.0. The minimum absolute atomic E-state index is 1.30. The fraction of sp³-hybridized carbons (Fsp3) is 0.0435. The first-order chi connectivity index (χ1) is 11.3. The minimum Gasteiger partial charge on any atom is -0.0616 e. The van der Waals surface area contributed by atoms with Crippen LogP contribution < -0.4 is 0 Å². The van der Waals surface area contributed by atoms with Gasteiger partial charge in [0.15, 0.2) is 0 Å². The van der Waals surface area contributed by atoms with Gasteiger partial charge in [0.2, 0.25) is 0 Å². The Labute approximate surface area is 135 Å². The molecule has 0 saturated carbocycles. The van der Waals surface area contributed by atoms with Crippen molar-refractivity contribution in [3.05, 3.63) is 84.4 Å². The lowest BCUT2D eigenvalue weighted by Crippen LogP contribution is -1.86. The topological polar surface area (TPSA) is 0 Å². The Morgan fingerprint density at radius 1 is 0.478 bits per heavy atom. The Bertz CT molecular complexity index is 1210. The van der Waals surface area contributed by atoms with Crippen LogP contribution in [-0.2, 0) is 0 Å². The predicted molar refractivity (Wildman–Crippen MR) is 101 cm³/mol. The fourth-order valence-corrected chi connectivity index (χ4v) is 3.91. The van der Waals surface area contributed by atoms with Gasteiger partial charge in [-0.3, -0.25) is 0 Å². The van der Waals surface area contributed by atoms with Crippen LogP contribution in [-0.4, -0.2) is 0 Å². The maximum Gasteiger partial charge on any atom is -0.00694 e. The fourth-order valence-electron chi connectivity index (χ4n) is 3.91. The van der Waals surface area contributed by atoms with Gasteiger partial charge in [-0.1, -0.05) is 78.9 Å². The summed E-state index contributed by atoms with van der Waals surface area (Å²) in [6.07, 6.45) is 0. The third kappa shape index (κ3) is 1.72. The average Bonchev–Trinajstić information content (AvgIpc) is 2.61. The van der Waals surface area contributed by atoms with Crippen molar-refractivity contribution in [3.63, 3.8) is 0 Å². The van der Waals surface area contributed by atoms with Crippen LogP contribution in [0.2, 0.25) is 0 Å². The molecule has 0 aromatic heterocycles. The molecule has 0 aliphatic rings. The molecule has 5 aromatic carbocycles. The molecule has 0 unspecified atom stereocenters. The summed E-state index contributed by atoms with van der Waals surface area (Å²) >= 11 is 0. The standard InChI is InChI=1S/C23H16/c1-15-14-17-7-3-5-9-19(17)21-13-12-20-18-8-4-2-6-16(18)10-11-22(20)23(15)21/h2-14H,1H3. The third-order valence-corrected chi connectivity index (χ3v) is 4.94. The number of benzene rings is 5. The average molecular weight is 292 g/mol.